The van der Waals surface area contributed by atoms with E-state index in [2.05, 4.69) is 36.1 Å². The lowest BCUT2D eigenvalue weighted by atomic mass is 9.86. The summed E-state index contributed by atoms with van der Waals surface area (Å²) in [6, 6.07) is 8.69. The van der Waals surface area contributed by atoms with Crippen LogP contribution < -0.4 is 0 Å². The number of esters is 1. The molecule has 3 nitrogen and oxygen atoms in total. The van der Waals surface area contributed by atoms with Crippen LogP contribution in [0.2, 0.25) is 0 Å². The van der Waals surface area contributed by atoms with Crippen molar-refractivity contribution >= 4 is 5.97 Å². The quantitative estimate of drug-likeness (QED) is 0.764. The van der Waals surface area contributed by atoms with Crippen LogP contribution in [0.4, 0.5) is 0 Å². The Morgan fingerprint density at radius 2 is 1.89 bits per heavy atom. The Labute approximate surface area is 114 Å². The van der Waals surface area contributed by atoms with Crippen LogP contribution in [0.1, 0.15) is 36.3 Å². The molecule has 2 heterocycles. The lowest BCUT2D eigenvalue weighted by Gasteiger charge is -2.34. The molecule has 1 aromatic carbocycles. The minimum Gasteiger partial charge on any atom is -0.464 e. The monoisotopic (exact) mass is 259 g/mol. The molecule has 2 saturated heterocycles. The molecule has 3 rings (SSSR count). The highest BCUT2D eigenvalue weighted by Gasteiger charge is 2.34. The number of rotatable bonds is 2. The van der Waals surface area contributed by atoms with Crippen LogP contribution >= 0.6 is 0 Å². The van der Waals surface area contributed by atoms with Gasteiger partial charge in [-0.3, -0.25) is 9.69 Å². The Kier molecular flexibility index (Phi) is 3.56. The van der Waals surface area contributed by atoms with Crippen molar-refractivity contribution in [2.24, 2.45) is 0 Å². The van der Waals surface area contributed by atoms with E-state index in [0.717, 1.165) is 32.4 Å². The van der Waals surface area contributed by atoms with Crippen molar-refractivity contribution in [3.63, 3.8) is 0 Å². The molecule has 2 aliphatic rings. The van der Waals surface area contributed by atoms with E-state index >= 15 is 0 Å². The maximum Gasteiger partial charge on any atom is 0.323 e. The van der Waals surface area contributed by atoms with Gasteiger partial charge in [0.2, 0.25) is 0 Å². The number of nitrogens with zero attached hydrogens (tertiary/aromatic N) is 1. The van der Waals surface area contributed by atoms with Gasteiger partial charge in [-0.2, -0.15) is 0 Å². The van der Waals surface area contributed by atoms with Gasteiger partial charge in [0.05, 0.1) is 6.61 Å². The molecule has 0 N–H and O–H groups in total. The third-order valence-corrected chi connectivity index (χ3v) is 4.51. The zero-order valence-electron chi connectivity index (χ0n) is 11.5. The van der Waals surface area contributed by atoms with Crippen LogP contribution in [-0.2, 0) is 9.53 Å². The molecule has 0 aliphatic carbocycles. The zero-order chi connectivity index (χ0) is 13.2. The molecule has 1 aromatic rings. The van der Waals surface area contributed by atoms with Gasteiger partial charge in [0.1, 0.15) is 6.04 Å². The number of likely N-dealkylation sites (tertiary alicyclic amines) is 1. The van der Waals surface area contributed by atoms with E-state index < -0.39 is 0 Å². The number of hydrogen-bond acceptors (Lipinski definition) is 3. The molecule has 0 saturated carbocycles. The van der Waals surface area contributed by atoms with Gasteiger partial charge in [-0.15, -0.1) is 0 Å². The Morgan fingerprint density at radius 1 is 1.16 bits per heavy atom. The number of ether oxygens (including phenoxy) is 1. The second-order valence-corrected chi connectivity index (χ2v) is 5.64. The van der Waals surface area contributed by atoms with Gasteiger partial charge in [-0.05, 0) is 49.9 Å². The number of benzene rings is 1. The normalized spacial score (nSPS) is 25.5. The average molecular weight is 259 g/mol. The van der Waals surface area contributed by atoms with Crippen LogP contribution in [0.5, 0.6) is 0 Å². The van der Waals surface area contributed by atoms with Crippen molar-refractivity contribution < 1.29 is 9.53 Å². The van der Waals surface area contributed by atoms with E-state index in [1.165, 1.54) is 11.1 Å². The molecule has 0 radical (unpaired) electrons. The van der Waals surface area contributed by atoms with Crippen molar-refractivity contribution in [3.05, 3.63) is 35.4 Å². The topological polar surface area (TPSA) is 29.5 Å². The van der Waals surface area contributed by atoms with E-state index in [4.69, 9.17) is 4.74 Å². The Morgan fingerprint density at radius 3 is 2.53 bits per heavy atom. The predicted molar refractivity (Wildman–Crippen MR) is 74.1 cm³/mol. The molecular weight excluding hydrogens is 238 g/mol. The fraction of sp³-hybridized carbons (Fsp3) is 0.562. The maximum atomic E-state index is 11.6. The van der Waals surface area contributed by atoms with Crippen molar-refractivity contribution in [1.82, 2.24) is 4.90 Å². The summed E-state index contributed by atoms with van der Waals surface area (Å²) in [6.07, 6.45) is 3.16. The lowest BCUT2D eigenvalue weighted by molar-refractivity contribution is -0.142. The third-order valence-electron chi connectivity index (χ3n) is 4.51. The highest BCUT2D eigenvalue weighted by atomic mass is 16.5. The summed E-state index contributed by atoms with van der Waals surface area (Å²) >= 11 is 0. The summed E-state index contributed by atoms with van der Waals surface area (Å²) < 4.78 is 5.07. The molecule has 2 fully saturated rings. The lowest BCUT2D eigenvalue weighted by Crippen LogP contribution is -2.43. The molecule has 1 unspecified atom stereocenters. The fourth-order valence-electron chi connectivity index (χ4n) is 3.38. The first-order chi connectivity index (χ1) is 9.25. The van der Waals surface area contributed by atoms with E-state index in [9.17, 15) is 4.79 Å². The summed E-state index contributed by atoms with van der Waals surface area (Å²) in [6.45, 7) is 4.81. The standard InChI is InChI=1S/C16H21NO2/c1-12-4-2-3-5-14(12)13-6-9-17(10-7-13)15-8-11-19-16(15)18/h2-5,13,15H,6-11H2,1H3. The highest BCUT2D eigenvalue weighted by Crippen LogP contribution is 2.31. The summed E-state index contributed by atoms with van der Waals surface area (Å²) in [5, 5.41) is 0. The Bertz CT molecular complexity index is 464. The van der Waals surface area contributed by atoms with Gasteiger partial charge in [0.25, 0.3) is 0 Å². The SMILES string of the molecule is Cc1ccccc1C1CCN(C2CCOC2=O)CC1. The van der Waals surface area contributed by atoms with Gasteiger partial charge in [0, 0.05) is 6.42 Å². The molecule has 0 spiro atoms. The van der Waals surface area contributed by atoms with Crippen molar-refractivity contribution in [1.29, 1.82) is 0 Å². The molecule has 19 heavy (non-hydrogen) atoms. The molecule has 0 aromatic heterocycles. The summed E-state index contributed by atoms with van der Waals surface area (Å²) in [5.74, 6) is 0.629. The maximum absolute atomic E-state index is 11.6. The van der Waals surface area contributed by atoms with Crippen LogP contribution in [0.3, 0.4) is 0 Å². The third kappa shape index (κ3) is 2.52. The Balaban J connectivity index is 1.63. The molecule has 3 heteroatoms. The number of carbonyl (C=O) groups excluding carboxylic acids is 1. The van der Waals surface area contributed by atoms with E-state index in [0.29, 0.717) is 12.5 Å². The Hall–Kier alpha value is -1.35. The number of carbonyl (C=O) groups is 1. The largest absolute Gasteiger partial charge is 0.464 e. The highest BCUT2D eigenvalue weighted by molar-refractivity contribution is 5.77. The van der Waals surface area contributed by atoms with Gasteiger partial charge in [-0.25, -0.2) is 0 Å². The first kappa shape index (κ1) is 12.7. The van der Waals surface area contributed by atoms with Crippen LogP contribution in [0, 0.1) is 6.92 Å². The van der Waals surface area contributed by atoms with Gasteiger partial charge < -0.3 is 4.74 Å². The molecule has 0 bridgehead atoms. The van der Waals surface area contributed by atoms with Gasteiger partial charge in [0.15, 0.2) is 0 Å². The average Bonchev–Trinajstić information content (AvgIpc) is 2.86. The van der Waals surface area contributed by atoms with Crippen LogP contribution in [0.15, 0.2) is 24.3 Å². The molecule has 2 aliphatic heterocycles. The number of aryl methyl sites for hydroxylation is 1. The van der Waals surface area contributed by atoms with E-state index in [1.54, 1.807) is 0 Å². The summed E-state index contributed by atoms with van der Waals surface area (Å²) in [7, 11) is 0. The van der Waals surface area contributed by atoms with E-state index in [-0.39, 0.29) is 12.0 Å². The molecule has 0 amide bonds. The fourth-order valence-corrected chi connectivity index (χ4v) is 3.38. The summed E-state index contributed by atoms with van der Waals surface area (Å²) in [4.78, 5) is 13.9. The van der Waals surface area contributed by atoms with Crippen LogP contribution in [-0.4, -0.2) is 36.6 Å². The minimum atomic E-state index is -0.0191. The molecular formula is C16H21NO2. The zero-order valence-corrected chi connectivity index (χ0v) is 11.5. The van der Waals surface area contributed by atoms with E-state index in [1.807, 2.05) is 0 Å². The van der Waals surface area contributed by atoms with Gasteiger partial charge >= 0.3 is 5.97 Å². The number of piperidine rings is 1. The van der Waals surface area contributed by atoms with Crippen LogP contribution in [0.25, 0.3) is 0 Å². The predicted octanol–water partition coefficient (Wildman–Crippen LogP) is 2.49. The summed E-state index contributed by atoms with van der Waals surface area (Å²) in [5.41, 5.74) is 2.87. The second kappa shape index (κ2) is 5.33. The first-order valence-electron chi connectivity index (χ1n) is 7.22. The molecule has 102 valence electrons. The molecule has 1 atom stereocenters. The first-order valence-corrected chi connectivity index (χ1v) is 7.22. The smallest absolute Gasteiger partial charge is 0.323 e. The van der Waals surface area contributed by atoms with Crippen molar-refractivity contribution in [2.45, 2.75) is 38.1 Å². The number of hydrogen-bond donors (Lipinski definition) is 0. The minimum absolute atomic E-state index is 0.0191. The van der Waals surface area contributed by atoms with Crippen molar-refractivity contribution in [3.8, 4) is 0 Å². The van der Waals surface area contributed by atoms with Gasteiger partial charge in [-0.1, -0.05) is 24.3 Å². The second-order valence-electron chi connectivity index (χ2n) is 5.64. The van der Waals surface area contributed by atoms with Crippen molar-refractivity contribution in [2.75, 3.05) is 19.7 Å². The number of cyclic esters (lactones) is 1.